The van der Waals surface area contributed by atoms with Crippen LogP contribution in [0.2, 0.25) is 10.0 Å². The van der Waals surface area contributed by atoms with Gasteiger partial charge in [-0.1, -0.05) is 29.3 Å². The average molecular weight is 827 g/mol. The number of imide groups is 1. The van der Waals surface area contributed by atoms with Crippen molar-refractivity contribution in [2.45, 2.75) is 31.1 Å². The molecule has 0 radical (unpaired) electrons. The van der Waals surface area contributed by atoms with E-state index in [0.717, 1.165) is 47.2 Å². The SMILES string of the molecule is O=C1CCC(n2c3cccc(N4CC(N5CCN(S(=O)(=O)Nc6ccc(Cl)cc6-c6nc7c(Cl)cc(C(F)(F)F)cc7[nH]6)CC5)C4)c3c3cccnc32)C(=O)N1. The van der Waals surface area contributed by atoms with E-state index in [1.165, 1.54) is 22.5 Å². The predicted octanol–water partition coefficient (Wildman–Crippen LogP) is 6.20. The summed E-state index contributed by atoms with van der Waals surface area (Å²) in [6, 6.07) is 15.6. The number of pyridine rings is 1. The van der Waals surface area contributed by atoms with Crippen molar-refractivity contribution in [2.75, 3.05) is 48.9 Å². The molecule has 6 heterocycles. The number of benzene rings is 3. The first kappa shape index (κ1) is 36.7. The van der Waals surface area contributed by atoms with Crippen molar-refractivity contribution in [3.63, 3.8) is 0 Å². The summed E-state index contributed by atoms with van der Waals surface area (Å²) >= 11 is 12.4. The van der Waals surface area contributed by atoms with Gasteiger partial charge in [0.25, 0.3) is 0 Å². The molecule has 1 atom stereocenters. The lowest BCUT2D eigenvalue weighted by Crippen LogP contribution is -2.63. The van der Waals surface area contributed by atoms with Crippen molar-refractivity contribution >= 4 is 89.6 Å². The van der Waals surface area contributed by atoms with Crippen LogP contribution in [0, 0.1) is 0 Å². The van der Waals surface area contributed by atoms with Crippen LogP contribution in [0.25, 0.3) is 44.4 Å². The number of carbonyl (C=O) groups excluding carboxylic acids is 2. The molecule has 0 aliphatic carbocycles. The highest BCUT2D eigenvalue weighted by Crippen LogP contribution is 2.41. The zero-order chi connectivity index (χ0) is 39.1. The van der Waals surface area contributed by atoms with Crippen LogP contribution in [0.3, 0.4) is 0 Å². The zero-order valence-corrected chi connectivity index (χ0v) is 31.6. The summed E-state index contributed by atoms with van der Waals surface area (Å²) in [7, 11) is -4.06. The lowest BCUT2D eigenvalue weighted by molar-refractivity contribution is -0.138. The van der Waals surface area contributed by atoms with E-state index in [9.17, 15) is 31.2 Å². The number of piperidine rings is 1. The van der Waals surface area contributed by atoms with Crippen LogP contribution in [0.15, 0.2) is 66.9 Å². The predicted molar refractivity (Wildman–Crippen MR) is 207 cm³/mol. The average Bonchev–Trinajstić information content (AvgIpc) is 3.72. The molecule has 0 bridgehead atoms. The van der Waals surface area contributed by atoms with Crippen molar-refractivity contribution in [3.05, 3.63) is 82.5 Å². The number of fused-ring (bicyclic) bond motifs is 4. The topological polar surface area (TPSA) is 149 Å². The number of piperazine rings is 1. The summed E-state index contributed by atoms with van der Waals surface area (Å²) in [5.74, 6) is -0.528. The molecule has 19 heteroatoms. The number of hydrogen-bond donors (Lipinski definition) is 3. The largest absolute Gasteiger partial charge is 0.416 e. The maximum Gasteiger partial charge on any atom is 0.416 e. The van der Waals surface area contributed by atoms with E-state index < -0.39 is 28.0 Å². The van der Waals surface area contributed by atoms with Crippen molar-refractivity contribution in [1.29, 1.82) is 0 Å². The molecular formula is C37H32Cl2F3N9O4S. The Balaban J connectivity index is 0.892. The Morgan fingerprint density at radius 3 is 2.48 bits per heavy atom. The lowest BCUT2D eigenvalue weighted by Gasteiger charge is -2.49. The molecular weight excluding hydrogens is 794 g/mol. The van der Waals surface area contributed by atoms with Gasteiger partial charge in [-0.15, -0.1) is 0 Å². The highest BCUT2D eigenvalue weighted by molar-refractivity contribution is 7.90. The van der Waals surface area contributed by atoms with E-state index >= 15 is 0 Å². The number of nitrogens with one attached hydrogen (secondary N) is 3. The van der Waals surface area contributed by atoms with Crippen molar-refractivity contribution < 1.29 is 31.2 Å². The molecule has 290 valence electrons. The van der Waals surface area contributed by atoms with Gasteiger partial charge in [-0.2, -0.15) is 25.9 Å². The van der Waals surface area contributed by atoms with Crippen LogP contribution in [0.5, 0.6) is 0 Å². The first-order chi connectivity index (χ1) is 26.7. The van der Waals surface area contributed by atoms with Crippen LogP contribution in [0.1, 0.15) is 24.4 Å². The van der Waals surface area contributed by atoms with E-state index in [0.29, 0.717) is 25.2 Å². The van der Waals surface area contributed by atoms with E-state index in [1.54, 1.807) is 6.20 Å². The third-order valence-corrected chi connectivity index (χ3v) is 12.8. The van der Waals surface area contributed by atoms with Crippen molar-refractivity contribution in [1.82, 2.24) is 34.0 Å². The Morgan fingerprint density at radius 1 is 0.946 bits per heavy atom. The second-order valence-corrected chi connectivity index (χ2v) is 16.6. The van der Waals surface area contributed by atoms with Gasteiger partial charge in [-0.3, -0.25) is 24.5 Å². The number of alkyl halides is 3. The second kappa shape index (κ2) is 13.6. The van der Waals surface area contributed by atoms with Gasteiger partial charge in [0.05, 0.1) is 27.3 Å². The van der Waals surface area contributed by atoms with Crippen LogP contribution < -0.4 is 14.9 Å². The maximum absolute atomic E-state index is 13.7. The molecule has 3 aromatic carbocycles. The number of hydrogen-bond acceptors (Lipinski definition) is 8. The number of aromatic nitrogens is 4. The number of halogens is 5. The normalized spacial score (nSPS) is 19.2. The smallest absolute Gasteiger partial charge is 0.368 e. The summed E-state index contributed by atoms with van der Waals surface area (Å²) in [5, 5.41) is 4.43. The number of aromatic amines is 1. The van der Waals surface area contributed by atoms with Gasteiger partial charge < -0.3 is 14.5 Å². The van der Waals surface area contributed by atoms with E-state index in [1.807, 2.05) is 28.8 Å². The third kappa shape index (κ3) is 6.40. The van der Waals surface area contributed by atoms with Gasteiger partial charge in [0.2, 0.25) is 11.8 Å². The number of amides is 2. The van der Waals surface area contributed by atoms with Crippen LogP contribution in [0.4, 0.5) is 24.5 Å². The molecule has 1 unspecified atom stereocenters. The molecule has 3 aliphatic heterocycles. The highest BCUT2D eigenvalue weighted by Gasteiger charge is 2.38. The Kier molecular flexibility index (Phi) is 8.92. The Morgan fingerprint density at radius 2 is 1.73 bits per heavy atom. The number of nitrogens with zero attached hydrogens (tertiary/aromatic N) is 6. The molecule has 0 saturated carbocycles. The standard InChI is InChI=1S/C37H32Cl2F3N9O4S/c38-21-6-7-26(24(17-21)34-44-27-16-20(37(40,41)42)15-25(39)33(27)46-34)47-56(54,55)50-13-11-48(12-14-50)22-18-49(19-22)28-4-1-5-29-32(28)23-3-2-10-43-35(23)51(29)30-8-9-31(52)45-36(30)53/h1-7,10,15-17,22,30,47H,8-9,11-14,18-19H2,(H,44,46)(H,45,52,53). The molecule has 6 aromatic rings. The van der Waals surface area contributed by atoms with Gasteiger partial charge in [-0.05, 0) is 61.0 Å². The molecule has 3 saturated heterocycles. The van der Waals surface area contributed by atoms with E-state index in [4.69, 9.17) is 23.2 Å². The Labute approximate surface area is 327 Å². The molecule has 2 amide bonds. The molecule has 56 heavy (non-hydrogen) atoms. The number of imidazole rings is 1. The highest BCUT2D eigenvalue weighted by atomic mass is 35.5. The van der Waals surface area contributed by atoms with Gasteiger partial charge in [0, 0.05) is 85.0 Å². The van der Waals surface area contributed by atoms with Crippen LogP contribution in [-0.4, -0.2) is 94.3 Å². The van der Waals surface area contributed by atoms with Gasteiger partial charge in [0.15, 0.2) is 0 Å². The zero-order valence-electron chi connectivity index (χ0n) is 29.3. The van der Waals surface area contributed by atoms with Crippen molar-refractivity contribution in [3.8, 4) is 11.4 Å². The molecule has 3 fully saturated rings. The van der Waals surface area contributed by atoms with Crippen LogP contribution in [-0.2, 0) is 26.0 Å². The summed E-state index contributed by atoms with van der Waals surface area (Å²) in [6.07, 6.45) is -2.29. The molecule has 13 nitrogen and oxygen atoms in total. The monoisotopic (exact) mass is 825 g/mol. The number of anilines is 2. The fourth-order valence-corrected chi connectivity index (χ4v) is 9.64. The molecule has 0 spiro atoms. The minimum atomic E-state index is -4.63. The molecule has 3 aromatic heterocycles. The summed E-state index contributed by atoms with van der Waals surface area (Å²) in [4.78, 5) is 41.3. The first-order valence-electron chi connectivity index (χ1n) is 17.8. The number of rotatable bonds is 7. The molecule has 3 aliphatic rings. The first-order valence-corrected chi connectivity index (χ1v) is 20.0. The number of carbonyl (C=O) groups is 2. The quantitative estimate of drug-likeness (QED) is 0.161. The fourth-order valence-electron chi connectivity index (χ4n) is 7.97. The maximum atomic E-state index is 13.7. The molecule has 3 N–H and O–H groups in total. The number of H-pyrrole nitrogens is 1. The fraction of sp³-hybridized carbons (Fsp3) is 0.297. The van der Waals surface area contributed by atoms with E-state index in [-0.39, 0.29) is 75.5 Å². The van der Waals surface area contributed by atoms with Gasteiger partial charge in [0.1, 0.15) is 23.0 Å². The Bertz CT molecular complexity index is 2690. The minimum Gasteiger partial charge on any atom is -0.368 e. The summed E-state index contributed by atoms with van der Waals surface area (Å²) < 4.78 is 73.7. The van der Waals surface area contributed by atoms with Gasteiger partial charge in [-0.25, -0.2) is 9.97 Å². The van der Waals surface area contributed by atoms with E-state index in [2.05, 4.69) is 40.9 Å². The Hall–Kier alpha value is -4.94. The van der Waals surface area contributed by atoms with Gasteiger partial charge >= 0.3 is 16.4 Å². The second-order valence-electron chi connectivity index (χ2n) is 14.1. The summed E-state index contributed by atoms with van der Waals surface area (Å²) in [6.45, 7) is 2.90. The molecule has 9 rings (SSSR count). The van der Waals surface area contributed by atoms with Crippen molar-refractivity contribution in [2.24, 2.45) is 0 Å². The summed E-state index contributed by atoms with van der Waals surface area (Å²) in [5.41, 5.74) is 2.12. The van der Waals surface area contributed by atoms with Crippen LogP contribution >= 0.6 is 23.2 Å². The lowest BCUT2D eigenvalue weighted by atomic mass is 10.0. The third-order valence-electron chi connectivity index (χ3n) is 10.8. The minimum absolute atomic E-state index is 0.0342.